The average molecular weight is 303 g/mol. The van der Waals surface area contributed by atoms with Crippen molar-refractivity contribution in [2.24, 2.45) is 0 Å². The Hall–Kier alpha value is -2.45. The molecule has 0 aliphatic rings. The van der Waals surface area contributed by atoms with Crippen LogP contribution in [0.25, 0.3) is 22.3 Å². The molecule has 3 aromatic rings. The largest absolute Gasteiger partial charge is 0.396 e. The Kier molecular flexibility index (Phi) is 5.17. The molecule has 116 valence electrons. The van der Waals surface area contributed by atoms with Gasteiger partial charge in [0.15, 0.2) is 0 Å². The number of aromatic nitrogens is 1. The maximum atomic E-state index is 8.84. The lowest BCUT2D eigenvalue weighted by atomic mass is 9.99. The first-order chi connectivity index (χ1) is 11.4. The molecule has 0 bridgehead atoms. The molecule has 2 heteroatoms. The van der Waals surface area contributed by atoms with Crippen LogP contribution in [0.1, 0.15) is 18.4 Å². The van der Waals surface area contributed by atoms with Crippen molar-refractivity contribution in [2.75, 3.05) is 6.61 Å². The fraction of sp³-hybridized carbons (Fsp3) is 0.190. The fourth-order valence-electron chi connectivity index (χ4n) is 2.70. The molecule has 2 aromatic carbocycles. The minimum Gasteiger partial charge on any atom is -0.396 e. The normalized spacial score (nSPS) is 10.7. The van der Waals surface area contributed by atoms with Crippen molar-refractivity contribution in [1.29, 1.82) is 0 Å². The van der Waals surface area contributed by atoms with Crippen molar-refractivity contribution in [2.45, 2.75) is 19.3 Å². The first kappa shape index (κ1) is 15.4. The van der Waals surface area contributed by atoms with Gasteiger partial charge in [-0.1, -0.05) is 48.5 Å². The van der Waals surface area contributed by atoms with Gasteiger partial charge in [-0.15, -0.1) is 0 Å². The third-order valence-electron chi connectivity index (χ3n) is 4.06. The van der Waals surface area contributed by atoms with Crippen LogP contribution in [-0.2, 0) is 6.42 Å². The number of aliphatic hydroxyl groups excluding tert-OH is 1. The zero-order valence-electron chi connectivity index (χ0n) is 13.2. The highest BCUT2D eigenvalue weighted by atomic mass is 16.2. The van der Waals surface area contributed by atoms with Crippen LogP contribution in [0.2, 0.25) is 0 Å². The molecule has 0 aliphatic heterocycles. The Morgan fingerprint density at radius 1 is 0.609 bits per heavy atom. The summed E-state index contributed by atoms with van der Waals surface area (Å²) in [5.74, 6) is 0. The number of benzene rings is 2. The SMILES string of the molecule is OCCCCc1ccc(-c2ccc(-c3ccncc3)cc2)cc1. The molecule has 2 nitrogen and oxygen atoms in total. The van der Waals surface area contributed by atoms with Crippen molar-refractivity contribution in [3.63, 3.8) is 0 Å². The Balaban J connectivity index is 1.72. The topological polar surface area (TPSA) is 33.1 Å². The number of hydrogen-bond acceptors (Lipinski definition) is 2. The van der Waals surface area contributed by atoms with E-state index in [0.29, 0.717) is 0 Å². The van der Waals surface area contributed by atoms with Crippen molar-refractivity contribution in [3.05, 3.63) is 78.6 Å². The Bertz CT molecular complexity index is 718. The van der Waals surface area contributed by atoms with Crippen molar-refractivity contribution in [3.8, 4) is 22.3 Å². The highest BCUT2D eigenvalue weighted by molar-refractivity contribution is 5.70. The summed E-state index contributed by atoms with van der Waals surface area (Å²) < 4.78 is 0. The highest BCUT2D eigenvalue weighted by Crippen LogP contribution is 2.25. The van der Waals surface area contributed by atoms with E-state index in [9.17, 15) is 0 Å². The second-order valence-corrected chi connectivity index (χ2v) is 5.69. The lowest BCUT2D eigenvalue weighted by molar-refractivity contribution is 0.284. The number of rotatable bonds is 6. The molecule has 1 aromatic heterocycles. The lowest BCUT2D eigenvalue weighted by Crippen LogP contribution is -1.88. The Morgan fingerprint density at radius 3 is 1.61 bits per heavy atom. The summed E-state index contributed by atoms with van der Waals surface area (Å²) in [5, 5.41) is 8.84. The fourth-order valence-corrected chi connectivity index (χ4v) is 2.70. The molecule has 0 radical (unpaired) electrons. The molecule has 3 rings (SSSR count). The Labute approximate surface area is 137 Å². The number of hydrogen-bond donors (Lipinski definition) is 1. The minimum atomic E-state index is 0.280. The number of aryl methyl sites for hydroxylation is 1. The summed E-state index contributed by atoms with van der Waals surface area (Å²) in [5.41, 5.74) is 6.18. The number of aliphatic hydroxyl groups is 1. The van der Waals surface area contributed by atoms with Crippen LogP contribution in [0.4, 0.5) is 0 Å². The molecule has 0 fully saturated rings. The molecule has 0 saturated heterocycles. The molecule has 0 saturated carbocycles. The number of nitrogens with zero attached hydrogens (tertiary/aromatic N) is 1. The predicted octanol–water partition coefficient (Wildman–Crippen LogP) is 4.73. The maximum Gasteiger partial charge on any atom is 0.0431 e. The van der Waals surface area contributed by atoms with Crippen LogP contribution in [0.5, 0.6) is 0 Å². The average Bonchev–Trinajstić information content (AvgIpc) is 2.63. The summed E-state index contributed by atoms with van der Waals surface area (Å²) in [4.78, 5) is 4.06. The highest BCUT2D eigenvalue weighted by Gasteiger charge is 2.01. The summed E-state index contributed by atoms with van der Waals surface area (Å²) >= 11 is 0. The molecular formula is C21H21NO. The van der Waals surface area contributed by atoms with Crippen molar-refractivity contribution in [1.82, 2.24) is 4.98 Å². The van der Waals surface area contributed by atoms with Gasteiger partial charge in [-0.2, -0.15) is 0 Å². The van der Waals surface area contributed by atoms with Gasteiger partial charge in [0.1, 0.15) is 0 Å². The van der Waals surface area contributed by atoms with E-state index in [4.69, 9.17) is 5.11 Å². The quantitative estimate of drug-likeness (QED) is 0.668. The molecule has 0 unspecified atom stereocenters. The monoisotopic (exact) mass is 303 g/mol. The van der Waals surface area contributed by atoms with Gasteiger partial charge in [0.2, 0.25) is 0 Å². The van der Waals surface area contributed by atoms with Crippen LogP contribution in [0.3, 0.4) is 0 Å². The van der Waals surface area contributed by atoms with Gasteiger partial charge in [0.05, 0.1) is 0 Å². The minimum absolute atomic E-state index is 0.280. The first-order valence-electron chi connectivity index (χ1n) is 8.07. The third-order valence-corrected chi connectivity index (χ3v) is 4.06. The predicted molar refractivity (Wildman–Crippen MR) is 95.1 cm³/mol. The third kappa shape index (κ3) is 4.05. The molecule has 0 aliphatic carbocycles. The van der Waals surface area contributed by atoms with Gasteiger partial charge in [-0.25, -0.2) is 0 Å². The van der Waals surface area contributed by atoms with Crippen LogP contribution in [-0.4, -0.2) is 16.7 Å². The molecule has 1 heterocycles. The molecular weight excluding hydrogens is 282 g/mol. The zero-order chi connectivity index (χ0) is 15.9. The van der Waals surface area contributed by atoms with Gasteiger partial charge in [-0.05, 0) is 59.2 Å². The van der Waals surface area contributed by atoms with E-state index in [-0.39, 0.29) is 6.61 Å². The number of pyridine rings is 1. The summed E-state index contributed by atoms with van der Waals surface area (Å²) in [6.07, 6.45) is 6.58. The van der Waals surface area contributed by atoms with E-state index in [1.807, 2.05) is 24.5 Å². The second kappa shape index (κ2) is 7.70. The molecule has 0 spiro atoms. The molecule has 23 heavy (non-hydrogen) atoms. The van der Waals surface area contributed by atoms with Crippen LogP contribution >= 0.6 is 0 Å². The Morgan fingerprint density at radius 2 is 1.09 bits per heavy atom. The zero-order valence-corrected chi connectivity index (χ0v) is 13.2. The van der Waals surface area contributed by atoms with E-state index in [0.717, 1.165) is 19.3 Å². The summed E-state index contributed by atoms with van der Waals surface area (Å²) in [6, 6.07) is 21.4. The van der Waals surface area contributed by atoms with E-state index >= 15 is 0 Å². The van der Waals surface area contributed by atoms with Crippen molar-refractivity contribution < 1.29 is 5.11 Å². The van der Waals surface area contributed by atoms with Crippen LogP contribution in [0.15, 0.2) is 73.1 Å². The second-order valence-electron chi connectivity index (χ2n) is 5.69. The number of unbranched alkanes of at least 4 members (excludes halogenated alkanes) is 1. The van der Waals surface area contributed by atoms with Crippen molar-refractivity contribution >= 4 is 0 Å². The van der Waals surface area contributed by atoms with E-state index in [2.05, 4.69) is 53.5 Å². The van der Waals surface area contributed by atoms with Gasteiger partial charge >= 0.3 is 0 Å². The standard InChI is InChI=1S/C21H21NO/c23-16-2-1-3-17-4-6-18(7-5-17)19-8-10-20(11-9-19)21-12-14-22-15-13-21/h4-15,23H,1-3,16H2. The first-order valence-corrected chi connectivity index (χ1v) is 8.07. The van der Waals surface area contributed by atoms with E-state index in [1.54, 1.807) is 0 Å². The summed E-state index contributed by atoms with van der Waals surface area (Å²) in [7, 11) is 0. The lowest BCUT2D eigenvalue weighted by Gasteiger charge is -2.06. The molecule has 0 amide bonds. The van der Waals surface area contributed by atoms with E-state index in [1.165, 1.54) is 27.8 Å². The van der Waals surface area contributed by atoms with Crippen LogP contribution < -0.4 is 0 Å². The van der Waals surface area contributed by atoms with Gasteiger partial charge in [-0.3, -0.25) is 4.98 Å². The van der Waals surface area contributed by atoms with Gasteiger partial charge in [0.25, 0.3) is 0 Å². The maximum absolute atomic E-state index is 8.84. The summed E-state index contributed by atoms with van der Waals surface area (Å²) in [6.45, 7) is 0.280. The van der Waals surface area contributed by atoms with Gasteiger partial charge in [0, 0.05) is 19.0 Å². The van der Waals surface area contributed by atoms with E-state index < -0.39 is 0 Å². The molecule has 0 atom stereocenters. The van der Waals surface area contributed by atoms with Crippen LogP contribution in [0, 0.1) is 0 Å². The van der Waals surface area contributed by atoms with Gasteiger partial charge < -0.3 is 5.11 Å². The smallest absolute Gasteiger partial charge is 0.0431 e. The molecule has 1 N–H and O–H groups in total.